The van der Waals surface area contributed by atoms with Gasteiger partial charge < -0.3 is 0 Å². The number of aromatic nitrogens is 2. The predicted octanol–water partition coefficient (Wildman–Crippen LogP) is 4.08. The maximum Gasteiger partial charge on any atom is 0.107 e. The van der Waals surface area contributed by atoms with Crippen LogP contribution in [-0.4, -0.2) is 9.97 Å². The van der Waals surface area contributed by atoms with E-state index in [4.69, 9.17) is 0 Å². The van der Waals surface area contributed by atoms with E-state index in [1.807, 2.05) is 36.4 Å². The Balaban J connectivity index is 0.000000606. The molecule has 0 aromatic carbocycles. The van der Waals surface area contributed by atoms with E-state index in [2.05, 4.69) is 23.1 Å². The first-order chi connectivity index (χ1) is 7.95. The molecule has 2 nitrogen and oxygen atoms in total. The zero-order valence-electron chi connectivity index (χ0n) is 8.74. The van der Waals surface area contributed by atoms with E-state index in [1.54, 1.807) is 34.0 Å². The van der Waals surface area contributed by atoms with Crippen LogP contribution in [-0.2, 0) is 0 Å². The molecular formula is C12H12N2S2. The van der Waals surface area contributed by atoms with Crippen molar-refractivity contribution in [2.45, 2.75) is 10.1 Å². The van der Waals surface area contributed by atoms with E-state index in [1.165, 1.54) is 0 Å². The first-order valence-corrected chi connectivity index (χ1v) is 6.77. The van der Waals surface area contributed by atoms with E-state index in [0.29, 0.717) is 0 Å². The molecule has 16 heavy (non-hydrogen) atoms. The van der Waals surface area contributed by atoms with Gasteiger partial charge in [0, 0.05) is 12.4 Å². The largest absolute Gasteiger partial charge is 0.249 e. The van der Waals surface area contributed by atoms with Gasteiger partial charge in [0.2, 0.25) is 0 Å². The molecule has 2 rings (SSSR count). The number of hydrogen-bond donors (Lipinski definition) is 0. The average molecular weight is 248 g/mol. The smallest absolute Gasteiger partial charge is 0.107 e. The van der Waals surface area contributed by atoms with Gasteiger partial charge in [0.1, 0.15) is 10.1 Å². The van der Waals surface area contributed by atoms with E-state index in [-0.39, 0.29) is 0 Å². The highest BCUT2D eigenvalue weighted by atomic mass is 33.1. The van der Waals surface area contributed by atoms with Crippen molar-refractivity contribution in [1.29, 1.82) is 0 Å². The Bertz CT molecular complexity index is 353. The van der Waals surface area contributed by atoms with E-state index in [0.717, 1.165) is 10.1 Å². The third kappa shape index (κ3) is 4.51. The number of hydrogen-bond acceptors (Lipinski definition) is 4. The van der Waals surface area contributed by atoms with Crippen molar-refractivity contribution in [3.63, 3.8) is 0 Å². The van der Waals surface area contributed by atoms with Crippen molar-refractivity contribution in [2.24, 2.45) is 0 Å². The van der Waals surface area contributed by atoms with Crippen LogP contribution in [0.3, 0.4) is 0 Å². The van der Waals surface area contributed by atoms with Crippen molar-refractivity contribution >= 4 is 21.6 Å². The molecule has 0 aliphatic heterocycles. The van der Waals surface area contributed by atoms with Gasteiger partial charge in [-0.3, -0.25) is 0 Å². The second kappa shape index (κ2) is 7.96. The summed E-state index contributed by atoms with van der Waals surface area (Å²) in [5.74, 6) is 0. The summed E-state index contributed by atoms with van der Waals surface area (Å²) >= 11 is 0. The van der Waals surface area contributed by atoms with E-state index < -0.39 is 0 Å². The minimum absolute atomic E-state index is 1.00. The molecule has 0 saturated heterocycles. The zero-order valence-corrected chi connectivity index (χ0v) is 10.4. The van der Waals surface area contributed by atoms with Crippen LogP contribution in [0.25, 0.3) is 0 Å². The standard InChI is InChI=1S/C10H8N2S2.C2H4/c1-3-7-11-9(5-1)13-14-10-6-2-4-8-12-10;1-2/h1-8H;1-2H2. The Kier molecular flexibility index (Phi) is 6.37. The van der Waals surface area contributed by atoms with Gasteiger partial charge in [0.05, 0.1) is 0 Å². The maximum atomic E-state index is 4.21. The molecule has 0 amide bonds. The van der Waals surface area contributed by atoms with Crippen molar-refractivity contribution in [1.82, 2.24) is 9.97 Å². The molecule has 0 bridgehead atoms. The SMILES string of the molecule is C=C.c1ccc(SSc2ccccn2)nc1. The van der Waals surface area contributed by atoms with Gasteiger partial charge in [0.15, 0.2) is 0 Å². The molecule has 0 fully saturated rings. The summed E-state index contributed by atoms with van der Waals surface area (Å²) in [7, 11) is 3.23. The fourth-order valence-corrected chi connectivity index (χ4v) is 2.63. The van der Waals surface area contributed by atoms with Gasteiger partial charge in [-0.1, -0.05) is 12.1 Å². The van der Waals surface area contributed by atoms with Gasteiger partial charge in [0.25, 0.3) is 0 Å². The lowest BCUT2D eigenvalue weighted by molar-refractivity contribution is 1.13. The van der Waals surface area contributed by atoms with Crippen LogP contribution in [0.2, 0.25) is 0 Å². The highest BCUT2D eigenvalue weighted by Crippen LogP contribution is 2.34. The molecule has 0 radical (unpaired) electrons. The van der Waals surface area contributed by atoms with Crippen LogP contribution >= 0.6 is 21.6 Å². The van der Waals surface area contributed by atoms with Crippen LogP contribution in [0.15, 0.2) is 72.0 Å². The van der Waals surface area contributed by atoms with E-state index >= 15 is 0 Å². The van der Waals surface area contributed by atoms with Crippen molar-refractivity contribution in [3.8, 4) is 0 Å². The Morgan fingerprint density at radius 1 is 0.750 bits per heavy atom. The molecule has 4 heteroatoms. The molecule has 0 N–H and O–H groups in total. The molecule has 82 valence electrons. The summed E-state index contributed by atoms with van der Waals surface area (Å²) < 4.78 is 0. The predicted molar refractivity (Wildman–Crippen MR) is 71.4 cm³/mol. The van der Waals surface area contributed by atoms with Crippen molar-refractivity contribution < 1.29 is 0 Å². The molecule has 0 aliphatic carbocycles. The monoisotopic (exact) mass is 248 g/mol. The van der Waals surface area contributed by atoms with Crippen LogP contribution in [0, 0.1) is 0 Å². The lowest BCUT2D eigenvalue weighted by atomic mass is 10.5. The van der Waals surface area contributed by atoms with Gasteiger partial charge in [-0.05, 0) is 45.9 Å². The third-order valence-corrected chi connectivity index (χ3v) is 3.67. The molecular weight excluding hydrogens is 236 g/mol. The molecule has 2 aromatic rings. The summed E-state index contributed by atoms with van der Waals surface area (Å²) in [6.07, 6.45) is 3.59. The molecule has 2 heterocycles. The number of nitrogens with zero attached hydrogens (tertiary/aromatic N) is 2. The minimum Gasteiger partial charge on any atom is -0.249 e. The molecule has 0 spiro atoms. The average Bonchev–Trinajstić information content (AvgIpc) is 2.41. The van der Waals surface area contributed by atoms with Gasteiger partial charge in [-0.2, -0.15) is 0 Å². The normalized spacial score (nSPS) is 9.00. The molecule has 0 atom stereocenters. The van der Waals surface area contributed by atoms with Gasteiger partial charge in [-0.15, -0.1) is 13.2 Å². The molecule has 2 aromatic heterocycles. The lowest BCUT2D eigenvalue weighted by Gasteiger charge is -1.97. The summed E-state index contributed by atoms with van der Waals surface area (Å²) in [6.45, 7) is 6.00. The highest BCUT2D eigenvalue weighted by Gasteiger charge is 1.97. The summed E-state index contributed by atoms with van der Waals surface area (Å²) in [6, 6.07) is 11.8. The van der Waals surface area contributed by atoms with Crippen molar-refractivity contribution in [2.75, 3.05) is 0 Å². The summed E-state index contributed by atoms with van der Waals surface area (Å²) in [4.78, 5) is 8.42. The lowest BCUT2D eigenvalue weighted by Crippen LogP contribution is -1.75. The van der Waals surface area contributed by atoms with E-state index in [9.17, 15) is 0 Å². The second-order valence-corrected chi connectivity index (χ2v) is 4.67. The first-order valence-electron chi connectivity index (χ1n) is 4.62. The number of pyridine rings is 2. The second-order valence-electron chi connectivity index (χ2n) is 2.50. The fraction of sp³-hybridized carbons (Fsp3) is 0. The van der Waals surface area contributed by atoms with Crippen LogP contribution in [0.1, 0.15) is 0 Å². The van der Waals surface area contributed by atoms with Crippen molar-refractivity contribution in [3.05, 3.63) is 61.9 Å². The Labute approximate surface area is 104 Å². The first kappa shape index (κ1) is 12.8. The van der Waals surface area contributed by atoms with Gasteiger partial charge >= 0.3 is 0 Å². The maximum absolute atomic E-state index is 4.21. The van der Waals surface area contributed by atoms with Crippen LogP contribution in [0.4, 0.5) is 0 Å². The molecule has 0 unspecified atom stereocenters. The van der Waals surface area contributed by atoms with Gasteiger partial charge in [-0.25, -0.2) is 9.97 Å². The summed E-state index contributed by atoms with van der Waals surface area (Å²) in [5.41, 5.74) is 0. The Hall–Kier alpha value is -1.26. The fourth-order valence-electron chi connectivity index (χ4n) is 0.878. The minimum atomic E-state index is 1.00. The molecule has 0 aliphatic rings. The van der Waals surface area contributed by atoms with Crippen LogP contribution in [0.5, 0.6) is 0 Å². The third-order valence-electron chi connectivity index (χ3n) is 1.49. The zero-order chi connectivity index (χ0) is 11.6. The van der Waals surface area contributed by atoms with Crippen LogP contribution < -0.4 is 0 Å². The Morgan fingerprint density at radius 2 is 1.19 bits per heavy atom. The highest BCUT2D eigenvalue weighted by molar-refractivity contribution is 8.76. The Morgan fingerprint density at radius 3 is 1.50 bits per heavy atom. The quantitative estimate of drug-likeness (QED) is 0.604. The number of rotatable bonds is 3. The topological polar surface area (TPSA) is 25.8 Å². The summed E-state index contributed by atoms with van der Waals surface area (Å²) in [5, 5.41) is 2.01. The molecule has 0 saturated carbocycles.